The van der Waals surface area contributed by atoms with Gasteiger partial charge in [-0.15, -0.1) is 0 Å². The second kappa shape index (κ2) is 5.78. The molecular weight excluding hydrogens is 284 g/mol. The van der Waals surface area contributed by atoms with E-state index in [0.29, 0.717) is 11.6 Å². The number of hydrogen-bond donors (Lipinski definition) is 1. The molecule has 1 aliphatic rings. The van der Waals surface area contributed by atoms with Crippen molar-refractivity contribution in [2.24, 2.45) is 0 Å². The topological polar surface area (TPSA) is 32.3 Å². The predicted molar refractivity (Wildman–Crippen MR) is 85.5 cm³/mol. The summed E-state index contributed by atoms with van der Waals surface area (Å²) in [5.41, 5.74) is 3.30. The van der Waals surface area contributed by atoms with Gasteiger partial charge in [-0.2, -0.15) is 0 Å². The highest BCUT2D eigenvalue weighted by atomic mass is 35.5. The molecule has 21 heavy (non-hydrogen) atoms. The fraction of sp³-hybridized carbons (Fsp3) is 0.235. The zero-order valence-electron chi connectivity index (χ0n) is 11.8. The van der Waals surface area contributed by atoms with Gasteiger partial charge in [0.25, 0.3) is 0 Å². The Bertz CT molecular complexity index is 646. The summed E-state index contributed by atoms with van der Waals surface area (Å²) in [5.74, 6) is 0.103. The molecule has 1 N–H and O–H groups in total. The number of carbonyl (C=O) groups excluding carboxylic acids is 1. The summed E-state index contributed by atoms with van der Waals surface area (Å²) < 4.78 is 0. The van der Waals surface area contributed by atoms with E-state index in [1.54, 1.807) is 4.90 Å². The van der Waals surface area contributed by atoms with Crippen molar-refractivity contribution in [3.8, 4) is 0 Å². The van der Waals surface area contributed by atoms with Gasteiger partial charge in [-0.3, -0.25) is 4.79 Å². The molecule has 0 bridgehead atoms. The molecule has 0 radical (unpaired) electrons. The van der Waals surface area contributed by atoms with Crippen molar-refractivity contribution < 1.29 is 4.79 Å². The Hall–Kier alpha value is -2.00. The summed E-state index contributed by atoms with van der Waals surface area (Å²) in [5, 5.41) is 3.99. The fourth-order valence-corrected chi connectivity index (χ4v) is 2.91. The lowest BCUT2D eigenvalue weighted by molar-refractivity contribution is -0.131. The van der Waals surface area contributed by atoms with Crippen LogP contribution in [0.2, 0.25) is 5.02 Å². The minimum absolute atomic E-state index is 0.103. The van der Waals surface area contributed by atoms with Gasteiger partial charge in [0.05, 0.1) is 0 Å². The van der Waals surface area contributed by atoms with E-state index in [2.05, 4.69) is 11.4 Å². The number of nitrogens with zero attached hydrogens (tertiary/aromatic N) is 1. The van der Waals surface area contributed by atoms with Crippen molar-refractivity contribution in [1.82, 2.24) is 4.90 Å². The third-order valence-corrected chi connectivity index (χ3v) is 3.99. The second-order valence-electron chi connectivity index (χ2n) is 5.38. The molecule has 1 atom stereocenters. The van der Waals surface area contributed by atoms with Crippen LogP contribution in [-0.4, -0.2) is 23.9 Å². The van der Waals surface area contributed by atoms with Crippen molar-refractivity contribution in [3.63, 3.8) is 0 Å². The van der Waals surface area contributed by atoms with Crippen LogP contribution >= 0.6 is 11.6 Å². The summed E-state index contributed by atoms with van der Waals surface area (Å²) in [6.07, 6.45) is 0.745. The average molecular weight is 301 g/mol. The highest BCUT2D eigenvalue weighted by Gasteiger charge is 2.28. The van der Waals surface area contributed by atoms with Crippen LogP contribution in [0.15, 0.2) is 48.5 Å². The van der Waals surface area contributed by atoms with Crippen LogP contribution in [0, 0.1) is 0 Å². The lowest BCUT2D eigenvalue weighted by Crippen LogP contribution is -2.39. The lowest BCUT2D eigenvalue weighted by Gasteiger charge is -2.21. The smallest absolute Gasteiger partial charge is 0.245 e. The number of anilines is 1. The van der Waals surface area contributed by atoms with Crippen LogP contribution in [0.4, 0.5) is 5.69 Å². The van der Waals surface area contributed by atoms with Crippen molar-refractivity contribution in [2.45, 2.75) is 19.0 Å². The number of amides is 1. The van der Waals surface area contributed by atoms with Crippen LogP contribution in [0.3, 0.4) is 0 Å². The summed E-state index contributed by atoms with van der Waals surface area (Å²) in [6.45, 7) is 0.563. The van der Waals surface area contributed by atoms with Crippen molar-refractivity contribution in [3.05, 3.63) is 64.7 Å². The molecule has 0 unspecified atom stereocenters. The fourth-order valence-electron chi connectivity index (χ4n) is 2.70. The molecule has 0 saturated carbocycles. The second-order valence-corrected chi connectivity index (χ2v) is 5.82. The molecule has 2 aromatic rings. The number of rotatable bonds is 3. The van der Waals surface area contributed by atoms with Gasteiger partial charge in [-0.05, 0) is 29.3 Å². The van der Waals surface area contributed by atoms with E-state index >= 15 is 0 Å². The lowest BCUT2D eigenvalue weighted by atomic mass is 10.1. The first-order valence-electron chi connectivity index (χ1n) is 6.97. The highest BCUT2D eigenvalue weighted by molar-refractivity contribution is 6.30. The van der Waals surface area contributed by atoms with E-state index in [0.717, 1.165) is 17.7 Å². The Balaban J connectivity index is 1.66. The number of para-hydroxylation sites is 1. The largest absolute Gasteiger partial charge is 0.373 e. The summed E-state index contributed by atoms with van der Waals surface area (Å²) in [7, 11) is 1.83. The number of carbonyl (C=O) groups is 1. The van der Waals surface area contributed by atoms with E-state index in [-0.39, 0.29) is 11.9 Å². The average Bonchev–Trinajstić information content (AvgIpc) is 2.90. The molecule has 1 aliphatic heterocycles. The standard InChI is InChI=1S/C17H17ClN2O/c1-20(11-12-5-4-7-14(18)9-12)17(21)16-10-13-6-2-3-8-15(13)19-16/h2-9,16,19H,10-11H2,1H3/t16-/m0/s1. The van der Waals surface area contributed by atoms with E-state index < -0.39 is 0 Å². The van der Waals surface area contributed by atoms with Gasteiger partial charge in [0, 0.05) is 30.7 Å². The Labute approximate surface area is 129 Å². The van der Waals surface area contributed by atoms with Gasteiger partial charge in [0.1, 0.15) is 6.04 Å². The Morgan fingerprint density at radius 2 is 2.10 bits per heavy atom. The van der Waals surface area contributed by atoms with Crippen LogP contribution in [0.5, 0.6) is 0 Å². The molecule has 4 heteroatoms. The first-order chi connectivity index (χ1) is 10.1. The molecule has 0 spiro atoms. The van der Waals surface area contributed by atoms with Crippen molar-refractivity contribution in [2.75, 3.05) is 12.4 Å². The third kappa shape index (κ3) is 3.03. The Morgan fingerprint density at radius 1 is 1.29 bits per heavy atom. The number of benzene rings is 2. The highest BCUT2D eigenvalue weighted by Crippen LogP contribution is 2.26. The van der Waals surface area contributed by atoms with Crippen LogP contribution in [0.1, 0.15) is 11.1 Å². The molecule has 1 heterocycles. The normalized spacial score (nSPS) is 16.2. The van der Waals surface area contributed by atoms with Crippen LogP contribution < -0.4 is 5.32 Å². The number of hydrogen-bond acceptors (Lipinski definition) is 2. The summed E-state index contributed by atoms with van der Waals surface area (Å²) in [4.78, 5) is 14.3. The first-order valence-corrected chi connectivity index (χ1v) is 7.35. The quantitative estimate of drug-likeness (QED) is 0.943. The van der Waals surface area contributed by atoms with Gasteiger partial charge in [-0.1, -0.05) is 41.9 Å². The molecule has 1 amide bonds. The van der Waals surface area contributed by atoms with Gasteiger partial charge < -0.3 is 10.2 Å². The van der Waals surface area contributed by atoms with E-state index in [1.165, 1.54) is 5.56 Å². The summed E-state index contributed by atoms with van der Waals surface area (Å²) >= 11 is 5.98. The maximum absolute atomic E-state index is 12.5. The predicted octanol–water partition coefficient (Wildman–Crippen LogP) is 3.34. The Kier molecular flexibility index (Phi) is 3.84. The number of likely N-dealkylation sites (N-methyl/N-ethyl adjacent to an activating group) is 1. The molecular formula is C17H17ClN2O. The molecule has 3 nitrogen and oxygen atoms in total. The zero-order valence-corrected chi connectivity index (χ0v) is 12.6. The van der Waals surface area contributed by atoms with Gasteiger partial charge in [0.15, 0.2) is 0 Å². The van der Waals surface area contributed by atoms with E-state index in [1.807, 2.05) is 49.5 Å². The van der Waals surface area contributed by atoms with Gasteiger partial charge in [-0.25, -0.2) is 0 Å². The van der Waals surface area contributed by atoms with E-state index in [4.69, 9.17) is 11.6 Å². The van der Waals surface area contributed by atoms with Gasteiger partial charge >= 0.3 is 0 Å². The summed E-state index contributed by atoms with van der Waals surface area (Å²) in [6, 6.07) is 15.5. The van der Waals surface area contributed by atoms with Gasteiger partial charge in [0.2, 0.25) is 5.91 Å². The molecule has 0 saturated heterocycles. The number of halogens is 1. The molecule has 0 aromatic heterocycles. The first kappa shape index (κ1) is 14.0. The molecule has 3 rings (SSSR count). The molecule has 0 fully saturated rings. The minimum atomic E-state index is -0.174. The number of fused-ring (bicyclic) bond motifs is 1. The van der Waals surface area contributed by atoms with Crippen molar-refractivity contribution in [1.29, 1.82) is 0 Å². The Morgan fingerprint density at radius 3 is 2.86 bits per heavy atom. The zero-order chi connectivity index (χ0) is 14.8. The third-order valence-electron chi connectivity index (χ3n) is 3.75. The molecule has 2 aromatic carbocycles. The van der Waals surface area contributed by atoms with Crippen molar-refractivity contribution >= 4 is 23.2 Å². The van der Waals surface area contributed by atoms with Crippen LogP contribution in [0.25, 0.3) is 0 Å². The van der Waals surface area contributed by atoms with E-state index in [9.17, 15) is 4.79 Å². The van der Waals surface area contributed by atoms with Crippen LogP contribution in [-0.2, 0) is 17.8 Å². The molecule has 0 aliphatic carbocycles. The maximum Gasteiger partial charge on any atom is 0.245 e. The number of nitrogens with one attached hydrogen (secondary N) is 1. The SMILES string of the molecule is CN(Cc1cccc(Cl)c1)C(=O)[C@@H]1Cc2ccccc2N1. The minimum Gasteiger partial charge on any atom is -0.373 e. The maximum atomic E-state index is 12.5. The molecule has 108 valence electrons. The monoisotopic (exact) mass is 300 g/mol.